The van der Waals surface area contributed by atoms with Gasteiger partial charge in [-0.15, -0.1) is 0 Å². The highest BCUT2D eigenvalue weighted by molar-refractivity contribution is 9.10. The Morgan fingerprint density at radius 2 is 1.75 bits per heavy atom. The molecule has 0 amide bonds. The number of halogens is 2. The molecule has 1 aromatic carbocycles. The van der Waals surface area contributed by atoms with Crippen LogP contribution in [0.4, 0.5) is 0 Å². The molecule has 20 heavy (non-hydrogen) atoms. The molecule has 0 radical (unpaired) electrons. The van der Waals surface area contributed by atoms with Crippen molar-refractivity contribution >= 4 is 37.6 Å². The SMILES string of the molecule is CC(C)C(CNS(=O)(=O)c1ccc(Br)cc1Cl)C(C)C. The predicted molar refractivity (Wildman–Crippen MR) is 87.5 cm³/mol. The van der Waals surface area contributed by atoms with Crippen LogP contribution in [0, 0.1) is 17.8 Å². The highest BCUT2D eigenvalue weighted by Gasteiger charge is 2.23. The van der Waals surface area contributed by atoms with Gasteiger partial charge in [0.2, 0.25) is 10.0 Å². The van der Waals surface area contributed by atoms with Crippen molar-refractivity contribution in [3.63, 3.8) is 0 Å². The summed E-state index contributed by atoms with van der Waals surface area (Å²) in [5.41, 5.74) is 0. The lowest BCUT2D eigenvalue weighted by Crippen LogP contribution is -2.34. The van der Waals surface area contributed by atoms with Crippen LogP contribution in [0.2, 0.25) is 5.02 Å². The fourth-order valence-electron chi connectivity index (χ4n) is 2.22. The summed E-state index contributed by atoms with van der Waals surface area (Å²) in [6.07, 6.45) is 0. The standard InChI is InChI=1S/C14H21BrClNO2S/c1-9(2)12(10(3)4)8-17-20(18,19)14-6-5-11(15)7-13(14)16/h5-7,9-10,12,17H,8H2,1-4H3. The van der Waals surface area contributed by atoms with E-state index in [0.29, 0.717) is 24.3 Å². The van der Waals surface area contributed by atoms with Crippen molar-refractivity contribution in [1.29, 1.82) is 0 Å². The Balaban J connectivity index is 2.90. The smallest absolute Gasteiger partial charge is 0.211 e. The Bertz CT molecular complexity index is 550. The van der Waals surface area contributed by atoms with E-state index in [9.17, 15) is 8.42 Å². The summed E-state index contributed by atoms with van der Waals surface area (Å²) in [7, 11) is -3.57. The molecule has 0 heterocycles. The van der Waals surface area contributed by atoms with Crippen molar-refractivity contribution < 1.29 is 8.42 Å². The Labute approximate surface area is 135 Å². The fourth-order valence-corrected chi connectivity index (χ4v) is 4.33. The monoisotopic (exact) mass is 381 g/mol. The van der Waals surface area contributed by atoms with Crippen LogP contribution in [0.25, 0.3) is 0 Å². The number of benzene rings is 1. The van der Waals surface area contributed by atoms with E-state index in [2.05, 4.69) is 48.3 Å². The highest BCUT2D eigenvalue weighted by Crippen LogP contribution is 2.26. The van der Waals surface area contributed by atoms with Gasteiger partial charge in [-0.25, -0.2) is 13.1 Å². The topological polar surface area (TPSA) is 46.2 Å². The molecule has 0 aromatic heterocycles. The Hall–Kier alpha value is -0.100. The van der Waals surface area contributed by atoms with E-state index in [1.54, 1.807) is 12.1 Å². The van der Waals surface area contributed by atoms with Crippen LogP contribution in [0.15, 0.2) is 27.6 Å². The van der Waals surface area contributed by atoms with Crippen LogP contribution in [-0.4, -0.2) is 15.0 Å². The van der Waals surface area contributed by atoms with Crippen LogP contribution in [0.5, 0.6) is 0 Å². The minimum absolute atomic E-state index is 0.119. The molecule has 0 aliphatic heterocycles. The first kappa shape index (κ1) is 18.0. The van der Waals surface area contributed by atoms with Gasteiger partial charge < -0.3 is 0 Å². The van der Waals surface area contributed by atoms with Gasteiger partial charge in [0, 0.05) is 11.0 Å². The van der Waals surface area contributed by atoms with Gasteiger partial charge in [-0.2, -0.15) is 0 Å². The molecular formula is C14H21BrClNO2S. The number of rotatable bonds is 6. The lowest BCUT2D eigenvalue weighted by molar-refractivity contribution is 0.289. The third kappa shape index (κ3) is 4.72. The highest BCUT2D eigenvalue weighted by atomic mass is 79.9. The van der Waals surface area contributed by atoms with Crippen LogP contribution in [0.3, 0.4) is 0 Å². The van der Waals surface area contributed by atoms with Gasteiger partial charge in [-0.1, -0.05) is 55.2 Å². The average molecular weight is 383 g/mol. The molecule has 0 unspecified atom stereocenters. The minimum atomic E-state index is -3.57. The average Bonchev–Trinajstić information content (AvgIpc) is 2.26. The van der Waals surface area contributed by atoms with E-state index >= 15 is 0 Å². The molecule has 1 N–H and O–H groups in total. The first-order valence-electron chi connectivity index (χ1n) is 6.60. The van der Waals surface area contributed by atoms with Gasteiger partial charge in [0.05, 0.1) is 5.02 Å². The molecular weight excluding hydrogens is 362 g/mol. The second kappa shape index (κ2) is 7.25. The van der Waals surface area contributed by atoms with Gasteiger partial charge >= 0.3 is 0 Å². The maximum Gasteiger partial charge on any atom is 0.242 e. The summed E-state index contributed by atoms with van der Waals surface area (Å²) < 4.78 is 28.0. The summed E-state index contributed by atoms with van der Waals surface area (Å²) in [6, 6.07) is 4.76. The van der Waals surface area contributed by atoms with Crippen molar-refractivity contribution in [3.05, 3.63) is 27.7 Å². The van der Waals surface area contributed by atoms with Crippen molar-refractivity contribution in [2.75, 3.05) is 6.54 Å². The molecule has 3 nitrogen and oxygen atoms in total. The third-order valence-electron chi connectivity index (χ3n) is 3.41. The van der Waals surface area contributed by atoms with Crippen molar-refractivity contribution in [3.8, 4) is 0 Å². The van der Waals surface area contributed by atoms with E-state index in [4.69, 9.17) is 11.6 Å². The summed E-state index contributed by atoms with van der Waals surface area (Å²) in [6.45, 7) is 8.83. The summed E-state index contributed by atoms with van der Waals surface area (Å²) in [5, 5.41) is 0.220. The molecule has 0 bridgehead atoms. The zero-order chi connectivity index (χ0) is 15.5. The first-order valence-corrected chi connectivity index (χ1v) is 9.25. The van der Waals surface area contributed by atoms with Crippen molar-refractivity contribution in [1.82, 2.24) is 4.72 Å². The molecule has 0 aliphatic rings. The third-order valence-corrected chi connectivity index (χ3v) is 5.80. The zero-order valence-corrected chi connectivity index (χ0v) is 15.3. The zero-order valence-electron chi connectivity index (χ0n) is 12.2. The minimum Gasteiger partial charge on any atom is -0.211 e. The van der Waals surface area contributed by atoms with Gasteiger partial charge in [0.15, 0.2) is 0 Å². The van der Waals surface area contributed by atoms with Crippen molar-refractivity contribution in [2.24, 2.45) is 17.8 Å². The molecule has 1 rings (SSSR count). The van der Waals surface area contributed by atoms with Crippen molar-refractivity contribution in [2.45, 2.75) is 32.6 Å². The summed E-state index contributed by atoms with van der Waals surface area (Å²) in [4.78, 5) is 0.119. The maximum absolute atomic E-state index is 12.3. The van der Waals surface area contributed by atoms with E-state index < -0.39 is 10.0 Å². The fraction of sp³-hybridized carbons (Fsp3) is 0.571. The van der Waals surface area contributed by atoms with Gasteiger partial charge in [-0.3, -0.25) is 0 Å². The lowest BCUT2D eigenvalue weighted by atomic mass is 9.86. The van der Waals surface area contributed by atoms with Gasteiger partial charge in [0.1, 0.15) is 4.90 Å². The van der Waals surface area contributed by atoms with E-state index in [0.717, 1.165) is 4.47 Å². The second-order valence-corrected chi connectivity index (χ2v) is 8.64. The number of nitrogens with one attached hydrogen (secondary N) is 1. The van der Waals surface area contributed by atoms with E-state index in [1.807, 2.05) is 0 Å². The first-order chi connectivity index (χ1) is 9.15. The molecule has 0 atom stereocenters. The number of sulfonamides is 1. The second-order valence-electron chi connectivity index (χ2n) is 5.58. The van der Waals surface area contributed by atoms with Crippen LogP contribution >= 0.6 is 27.5 Å². The van der Waals surface area contributed by atoms with Crippen LogP contribution in [0.1, 0.15) is 27.7 Å². The molecule has 114 valence electrons. The quantitative estimate of drug-likeness (QED) is 0.797. The Morgan fingerprint density at radius 3 is 2.20 bits per heavy atom. The molecule has 0 aliphatic carbocycles. The van der Waals surface area contributed by atoms with E-state index in [-0.39, 0.29) is 9.92 Å². The molecule has 0 spiro atoms. The molecule has 0 saturated carbocycles. The summed E-state index contributed by atoms with van der Waals surface area (Å²) in [5.74, 6) is 1.12. The summed E-state index contributed by atoms with van der Waals surface area (Å²) >= 11 is 9.27. The number of hydrogen-bond donors (Lipinski definition) is 1. The normalized spacial score (nSPS) is 12.7. The molecule has 0 saturated heterocycles. The molecule has 0 fully saturated rings. The molecule has 1 aromatic rings. The largest absolute Gasteiger partial charge is 0.242 e. The Morgan fingerprint density at radius 1 is 1.20 bits per heavy atom. The van der Waals surface area contributed by atoms with E-state index in [1.165, 1.54) is 6.07 Å². The van der Waals surface area contributed by atoms with Gasteiger partial charge in [0.25, 0.3) is 0 Å². The van der Waals surface area contributed by atoms with Crippen LogP contribution in [-0.2, 0) is 10.0 Å². The maximum atomic E-state index is 12.3. The lowest BCUT2D eigenvalue weighted by Gasteiger charge is -2.25. The predicted octanol–water partition coefficient (Wildman–Crippen LogP) is 4.31. The van der Waals surface area contributed by atoms with Gasteiger partial charge in [-0.05, 0) is 36.0 Å². The molecule has 6 heteroatoms. The van der Waals surface area contributed by atoms with Crippen LogP contribution < -0.4 is 4.72 Å². The number of hydrogen-bond acceptors (Lipinski definition) is 2. The Kier molecular flexibility index (Phi) is 6.51.